The van der Waals surface area contributed by atoms with Gasteiger partial charge in [-0.1, -0.05) is 20.8 Å². The third kappa shape index (κ3) is 3.00. The van der Waals surface area contributed by atoms with Crippen LogP contribution < -0.4 is 11.3 Å². The zero-order chi connectivity index (χ0) is 14.0. The molecule has 4 heteroatoms. The van der Waals surface area contributed by atoms with E-state index in [9.17, 15) is 4.79 Å². The summed E-state index contributed by atoms with van der Waals surface area (Å²) in [6.07, 6.45) is 1.98. The SMILES string of the molecule is CCN1CCc2c(cc(N)c(=O)n2CCC(C)C)C1. The first-order chi connectivity index (χ1) is 9.02. The topological polar surface area (TPSA) is 51.3 Å². The maximum Gasteiger partial charge on any atom is 0.273 e. The van der Waals surface area contributed by atoms with Gasteiger partial charge in [-0.2, -0.15) is 0 Å². The van der Waals surface area contributed by atoms with Crippen LogP contribution in [0.15, 0.2) is 10.9 Å². The Kier molecular flexibility index (Phi) is 4.30. The Morgan fingerprint density at radius 1 is 1.42 bits per heavy atom. The maximum absolute atomic E-state index is 12.2. The quantitative estimate of drug-likeness (QED) is 0.902. The zero-order valence-electron chi connectivity index (χ0n) is 12.3. The largest absolute Gasteiger partial charge is 0.394 e. The molecule has 0 fully saturated rings. The summed E-state index contributed by atoms with van der Waals surface area (Å²) in [4.78, 5) is 14.6. The standard InChI is InChI=1S/C15H25N3O/c1-4-17-7-6-14-12(10-17)9-13(16)15(19)18(14)8-5-11(2)3/h9,11H,4-8,10,16H2,1-3H3. The van der Waals surface area contributed by atoms with Crippen molar-refractivity contribution in [3.05, 3.63) is 27.7 Å². The minimum atomic E-state index is -0.00986. The Morgan fingerprint density at radius 3 is 2.79 bits per heavy atom. The lowest BCUT2D eigenvalue weighted by atomic mass is 10.0. The molecule has 2 heterocycles. The second kappa shape index (κ2) is 5.78. The monoisotopic (exact) mass is 263 g/mol. The van der Waals surface area contributed by atoms with Crippen LogP contribution in [0.5, 0.6) is 0 Å². The number of hydrogen-bond acceptors (Lipinski definition) is 3. The van der Waals surface area contributed by atoms with Crippen LogP contribution in [-0.2, 0) is 19.5 Å². The summed E-state index contributed by atoms with van der Waals surface area (Å²) < 4.78 is 1.91. The molecule has 19 heavy (non-hydrogen) atoms. The van der Waals surface area contributed by atoms with Crippen molar-refractivity contribution in [2.24, 2.45) is 5.92 Å². The highest BCUT2D eigenvalue weighted by atomic mass is 16.1. The molecule has 0 aromatic carbocycles. The van der Waals surface area contributed by atoms with Crippen LogP contribution >= 0.6 is 0 Å². The summed E-state index contributed by atoms with van der Waals surface area (Å²) >= 11 is 0. The summed E-state index contributed by atoms with van der Waals surface area (Å²) in [5.41, 5.74) is 8.69. The van der Waals surface area contributed by atoms with Crippen molar-refractivity contribution in [1.82, 2.24) is 9.47 Å². The first-order valence-corrected chi connectivity index (χ1v) is 7.26. The van der Waals surface area contributed by atoms with E-state index in [1.807, 2.05) is 10.6 Å². The Balaban J connectivity index is 2.36. The zero-order valence-corrected chi connectivity index (χ0v) is 12.3. The van der Waals surface area contributed by atoms with Crippen LogP contribution in [0, 0.1) is 5.92 Å². The summed E-state index contributed by atoms with van der Waals surface area (Å²) in [7, 11) is 0. The number of fused-ring (bicyclic) bond motifs is 1. The number of rotatable bonds is 4. The summed E-state index contributed by atoms with van der Waals surface area (Å²) in [5.74, 6) is 0.597. The van der Waals surface area contributed by atoms with E-state index in [1.54, 1.807) is 0 Å². The summed E-state index contributed by atoms with van der Waals surface area (Å²) in [5, 5.41) is 0. The molecule has 1 aromatic heterocycles. The van der Waals surface area contributed by atoms with Crippen LogP contribution in [0.25, 0.3) is 0 Å². The van der Waals surface area contributed by atoms with E-state index in [-0.39, 0.29) is 5.56 Å². The first-order valence-electron chi connectivity index (χ1n) is 7.26. The van der Waals surface area contributed by atoms with Gasteiger partial charge in [-0.25, -0.2) is 0 Å². The molecule has 1 aliphatic heterocycles. The van der Waals surface area contributed by atoms with E-state index in [1.165, 1.54) is 11.3 Å². The van der Waals surface area contributed by atoms with Crippen molar-refractivity contribution in [2.75, 3.05) is 18.8 Å². The summed E-state index contributed by atoms with van der Waals surface area (Å²) in [6, 6.07) is 1.88. The smallest absolute Gasteiger partial charge is 0.273 e. The number of nitrogens with two attached hydrogens (primary N) is 1. The molecular formula is C15H25N3O. The van der Waals surface area contributed by atoms with Gasteiger partial charge in [-0.15, -0.1) is 0 Å². The number of nitrogens with zero attached hydrogens (tertiary/aromatic N) is 2. The molecule has 1 aromatic rings. The Hall–Kier alpha value is -1.29. The first kappa shape index (κ1) is 14.1. The fourth-order valence-corrected chi connectivity index (χ4v) is 2.69. The van der Waals surface area contributed by atoms with Crippen molar-refractivity contribution < 1.29 is 0 Å². The molecule has 0 bridgehead atoms. The number of anilines is 1. The van der Waals surface area contributed by atoms with Gasteiger partial charge in [0.05, 0.1) is 5.69 Å². The molecule has 0 amide bonds. The molecule has 0 radical (unpaired) electrons. The number of likely N-dealkylation sites (N-methyl/N-ethyl adjacent to an activating group) is 1. The van der Waals surface area contributed by atoms with Gasteiger partial charge in [0.15, 0.2) is 0 Å². The van der Waals surface area contributed by atoms with Gasteiger partial charge in [-0.05, 0) is 30.5 Å². The van der Waals surface area contributed by atoms with Crippen LogP contribution in [0.1, 0.15) is 38.4 Å². The van der Waals surface area contributed by atoms with Gasteiger partial charge in [0.1, 0.15) is 0 Å². The van der Waals surface area contributed by atoms with Gasteiger partial charge in [-0.3, -0.25) is 9.69 Å². The van der Waals surface area contributed by atoms with Crippen molar-refractivity contribution in [1.29, 1.82) is 0 Å². The fraction of sp³-hybridized carbons (Fsp3) is 0.667. The number of nitrogen functional groups attached to an aromatic ring is 1. The average Bonchev–Trinajstić information content (AvgIpc) is 2.38. The van der Waals surface area contributed by atoms with Crippen molar-refractivity contribution in [3.8, 4) is 0 Å². The van der Waals surface area contributed by atoms with Crippen LogP contribution in [0.2, 0.25) is 0 Å². The third-order valence-electron chi connectivity index (χ3n) is 3.95. The molecule has 2 N–H and O–H groups in total. The van der Waals surface area contributed by atoms with E-state index in [0.717, 1.165) is 39.0 Å². The minimum Gasteiger partial charge on any atom is -0.394 e. The highest BCUT2D eigenvalue weighted by Gasteiger charge is 2.20. The molecule has 0 aliphatic carbocycles. The maximum atomic E-state index is 12.2. The number of hydrogen-bond donors (Lipinski definition) is 1. The number of pyridine rings is 1. The summed E-state index contributed by atoms with van der Waals surface area (Å²) in [6.45, 7) is 10.3. The lowest BCUT2D eigenvalue weighted by Crippen LogP contribution is -2.36. The Bertz CT molecular complexity index is 505. The molecule has 0 saturated heterocycles. The second-order valence-corrected chi connectivity index (χ2v) is 5.83. The highest BCUT2D eigenvalue weighted by molar-refractivity contribution is 5.42. The van der Waals surface area contributed by atoms with Crippen molar-refractivity contribution >= 4 is 5.69 Å². The van der Waals surface area contributed by atoms with Crippen LogP contribution in [0.4, 0.5) is 5.69 Å². The normalized spacial score (nSPS) is 15.8. The third-order valence-corrected chi connectivity index (χ3v) is 3.95. The average molecular weight is 263 g/mol. The van der Waals surface area contributed by atoms with E-state index < -0.39 is 0 Å². The number of aromatic nitrogens is 1. The fourth-order valence-electron chi connectivity index (χ4n) is 2.69. The Morgan fingerprint density at radius 2 is 2.16 bits per heavy atom. The van der Waals surface area contributed by atoms with E-state index in [4.69, 9.17) is 5.73 Å². The minimum absolute atomic E-state index is 0.00986. The Labute approximate surface area is 115 Å². The lowest BCUT2D eigenvalue weighted by Gasteiger charge is -2.30. The molecule has 0 unspecified atom stereocenters. The van der Waals surface area contributed by atoms with Crippen LogP contribution in [-0.4, -0.2) is 22.6 Å². The molecule has 4 nitrogen and oxygen atoms in total. The van der Waals surface area contributed by atoms with Crippen LogP contribution in [0.3, 0.4) is 0 Å². The molecule has 106 valence electrons. The molecule has 2 rings (SSSR count). The van der Waals surface area contributed by atoms with Gasteiger partial charge >= 0.3 is 0 Å². The predicted molar refractivity (Wildman–Crippen MR) is 79.2 cm³/mol. The second-order valence-electron chi connectivity index (χ2n) is 5.83. The van der Waals surface area contributed by atoms with E-state index in [2.05, 4.69) is 25.7 Å². The highest BCUT2D eigenvalue weighted by Crippen LogP contribution is 2.20. The van der Waals surface area contributed by atoms with Gasteiger partial charge in [0.2, 0.25) is 0 Å². The van der Waals surface area contributed by atoms with Gasteiger partial charge in [0.25, 0.3) is 5.56 Å². The van der Waals surface area contributed by atoms with E-state index >= 15 is 0 Å². The molecule has 0 spiro atoms. The van der Waals surface area contributed by atoms with Gasteiger partial charge in [0, 0.05) is 31.7 Å². The lowest BCUT2D eigenvalue weighted by molar-refractivity contribution is 0.261. The van der Waals surface area contributed by atoms with E-state index in [0.29, 0.717) is 11.6 Å². The predicted octanol–water partition coefficient (Wildman–Crippen LogP) is 1.85. The molecule has 0 atom stereocenters. The van der Waals surface area contributed by atoms with Gasteiger partial charge < -0.3 is 10.3 Å². The van der Waals surface area contributed by atoms with Crippen molar-refractivity contribution in [2.45, 2.75) is 46.7 Å². The molecule has 1 aliphatic rings. The van der Waals surface area contributed by atoms with Crippen molar-refractivity contribution in [3.63, 3.8) is 0 Å². The molecular weight excluding hydrogens is 238 g/mol. The molecule has 0 saturated carbocycles.